The number of carbonyl (C=O) groups is 1. The molecule has 0 saturated carbocycles. The van der Waals surface area contributed by atoms with E-state index in [4.69, 9.17) is 23.2 Å². The SMILES string of the molecule is CC(=O)c1sc2c(-c3cc(Cl)c(F)c(Cl)c3)c(C)nn2c1C(C)C. The van der Waals surface area contributed by atoms with Crippen LogP contribution in [0.25, 0.3) is 16.0 Å². The van der Waals surface area contributed by atoms with Crippen LogP contribution in [0.2, 0.25) is 10.0 Å². The Bertz CT molecular complexity index is 952. The molecule has 0 aliphatic rings. The number of ketones is 1. The average molecular weight is 385 g/mol. The zero-order valence-electron chi connectivity index (χ0n) is 13.6. The van der Waals surface area contributed by atoms with Gasteiger partial charge in [-0.25, -0.2) is 8.91 Å². The molecule has 126 valence electrons. The Morgan fingerprint density at radius 2 is 1.88 bits per heavy atom. The number of rotatable bonds is 3. The van der Waals surface area contributed by atoms with Gasteiger partial charge in [0.1, 0.15) is 4.83 Å². The van der Waals surface area contributed by atoms with Crippen molar-refractivity contribution in [3.05, 3.63) is 44.3 Å². The van der Waals surface area contributed by atoms with Gasteiger partial charge in [0.15, 0.2) is 11.6 Å². The first-order chi connectivity index (χ1) is 11.2. The van der Waals surface area contributed by atoms with Crippen LogP contribution in [0.4, 0.5) is 4.39 Å². The van der Waals surface area contributed by atoms with Gasteiger partial charge in [-0.15, -0.1) is 11.3 Å². The molecule has 0 radical (unpaired) electrons. The second-order valence-electron chi connectivity index (χ2n) is 5.96. The molecule has 7 heteroatoms. The number of benzene rings is 1. The van der Waals surface area contributed by atoms with E-state index in [1.807, 2.05) is 25.3 Å². The van der Waals surface area contributed by atoms with Crippen molar-refractivity contribution in [3.63, 3.8) is 0 Å². The molecule has 0 N–H and O–H groups in total. The van der Waals surface area contributed by atoms with Gasteiger partial charge in [-0.1, -0.05) is 37.0 Å². The molecule has 0 spiro atoms. The quantitative estimate of drug-likeness (QED) is 0.401. The van der Waals surface area contributed by atoms with Crippen LogP contribution >= 0.6 is 34.5 Å². The summed E-state index contributed by atoms with van der Waals surface area (Å²) in [6, 6.07) is 3.07. The first kappa shape index (κ1) is 17.4. The zero-order valence-corrected chi connectivity index (χ0v) is 15.9. The molecule has 0 fully saturated rings. The number of thiazole rings is 1. The van der Waals surface area contributed by atoms with E-state index >= 15 is 0 Å². The minimum atomic E-state index is -0.637. The van der Waals surface area contributed by atoms with Gasteiger partial charge in [-0.2, -0.15) is 5.10 Å². The summed E-state index contributed by atoms with van der Waals surface area (Å²) in [5, 5.41) is 4.51. The normalized spacial score (nSPS) is 11.7. The van der Waals surface area contributed by atoms with Crippen molar-refractivity contribution >= 4 is 45.2 Å². The van der Waals surface area contributed by atoms with E-state index in [2.05, 4.69) is 5.10 Å². The third kappa shape index (κ3) is 2.65. The molecule has 0 aliphatic heterocycles. The number of Topliss-reactive ketones (excluding diaryl/α,β-unsaturated/α-hetero) is 1. The number of carbonyl (C=O) groups excluding carboxylic acids is 1. The zero-order chi connectivity index (χ0) is 17.8. The Labute approximate surface area is 153 Å². The van der Waals surface area contributed by atoms with Crippen molar-refractivity contribution in [1.82, 2.24) is 9.61 Å². The Balaban J connectivity index is 2.36. The molecular formula is C17H15Cl2FN2OS. The lowest BCUT2D eigenvalue weighted by Gasteiger charge is -2.04. The van der Waals surface area contributed by atoms with E-state index in [0.717, 1.165) is 21.8 Å². The summed E-state index contributed by atoms with van der Waals surface area (Å²) in [4.78, 5) is 13.5. The molecule has 3 nitrogen and oxygen atoms in total. The van der Waals surface area contributed by atoms with E-state index in [9.17, 15) is 9.18 Å². The molecule has 0 saturated heterocycles. The summed E-state index contributed by atoms with van der Waals surface area (Å²) in [6.45, 7) is 7.47. The van der Waals surface area contributed by atoms with Crippen LogP contribution in [-0.2, 0) is 0 Å². The van der Waals surface area contributed by atoms with Gasteiger partial charge >= 0.3 is 0 Å². The van der Waals surface area contributed by atoms with Crippen molar-refractivity contribution in [1.29, 1.82) is 0 Å². The second-order valence-corrected chi connectivity index (χ2v) is 7.77. The van der Waals surface area contributed by atoms with Crippen LogP contribution < -0.4 is 0 Å². The van der Waals surface area contributed by atoms with Crippen molar-refractivity contribution < 1.29 is 9.18 Å². The molecule has 24 heavy (non-hydrogen) atoms. The highest BCUT2D eigenvalue weighted by atomic mass is 35.5. The maximum absolute atomic E-state index is 13.7. The smallest absolute Gasteiger partial charge is 0.171 e. The molecule has 2 aromatic heterocycles. The van der Waals surface area contributed by atoms with E-state index in [1.54, 1.807) is 6.92 Å². The topological polar surface area (TPSA) is 34.4 Å². The number of aryl methyl sites for hydroxylation is 1. The van der Waals surface area contributed by atoms with Crippen LogP contribution in [0.1, 0.15) is 47.7 Å². The van der Waals surface area contributed by atoms with Crippen molar-refractivity contribution in [2.45, 2.75) is 33.6 Å². The van der Waals surface area contributed by atoms with Crippen LogP contribution in [-0.4, -0.2) is 15.4 Å². The van der Waals surface area contributed by atoms with Crippen LogP contribution in [0, 0.1) is 12.7 Å². The molecule has 3 aromatic rings. The number of hydrogen-bond acceptors (Lipinski definition) is 3. The fraction of sp³-hybridized carbons (Fsp3) is 0.294. The largest absolute Gasteiger partial charge is 0.294 e. The fourth-order valence-electron chi connectivity index (χ4n) is 2.80. The Hall–Kier alpha value is -1.43. The van der Waals surface area contributed by atoms with E-state index in [-0.39, 0.29) is 21.7 Å². The molecular weight excluding hydrogens is 370 g/mol. The molecule has 1 aromatic carbocycles. The van der Waals surface area contributed by atoms with Gasteiger partial charge < -0.3 is 0 Å². The van der Waals surface area contributed by atoms with Gasteiger partial charge in [0.2, 0.25) is 0 Å². The van der Waals surface area contributed by atoms with Crippen molar-refractivity contribution in [3.8, 4) is 11.1 Å². The molecule has 0 amide bonds. The minimum absolute atomic E-state index is 0.00738. The monoisotopic (exact) mass is 384 g/mol. The summed E-state index contributed by atoms with van der Waals surface area (Å²) in [5.41, 5.74) is 3.16. The first-order valence-electron chi connectivity index (χ1n) is 7.40. The number of halogens is 3. The predicted octanol–water partition coefficient (Wildman–Crippen LogP) is 6.14. The van der Waals surface area contributed by atoms with Gasteiger partial charge in [0.05, 0.1) is 26.3 Å². The standard InChI is InChI=1S/C17H15Cl2FN2OS/c1-7(2)15-16(9(4)23)24-17-13(8(3)21-22(15)17)10-5-11(18)14(20)12(19)6-10/h5-7H,1-4H3. The summed E-state index contributed by atoms with van der Waals surface area (Å²) in [6.07, 6.45) is 0. The molecule has 3 rings (SSSR count). The molecule has 0 bridgehead atoms. The highest BCUT2D eigenvalue weighted by Crippen LogP contribution is 2.39. The molecule has 0 aliphatic carbocycles. The lowest BCUT2D eigenvalue weighted by molar-refractivity contribution is 0.102. The second kappa shape index (κ2) is 6.14. The highest BCUT2D eigenvalue weighted by molar-refractivity contribution is 7.20. The molecule has 0 unspecified atom stereocenters. The van der Waals surface area contributed by atoms with E-state index < -0.39 is 5.82 Å². The number of aromatic nitrogens is 2. The maximum atomic E-state index is 13.7. The number of hydrogen-bond donors (Lipinski definition) is 0. The van der Waals surface area contributed by atoms with Gasteiger partial charge in [0, 0.05) is 12.5 Å². The lowest BCUT2D eigenvalue weighted by atomic mass is 10.1. The summed E-state index contributed by atoms with van der Waals surface area (Å²) in [5.74, 6) is -0.486. The molecule has 2 heterocycles. The van der Waals surface area contributed by atoms with Gasteiger partial charge in [-0.3, -0.25) is 4.79 Å². The Morgan fingerprint density at radius 1 is 1.29 bits per heavy atom. The Kier molecular flexibility index (Phi) is 4.45. The number of fused-ring (bicyclic) bond motifs is 1. The average Bonchev–Trinajstić information content (AvgIpc) is 2.98. The lowest BCUT2D eigenvalue weighted by Crippen LogP contribution is -2.02. The van der Waals surface area contributed by atoms with E-state index in [0.29, 0.717) is 10.4 Å². The fourth-order valence-corrected chi connectivity index (χ4v) is 4.64. The Morgan fingerprint density at radius 3 is 2.38 bits per heavy atom. The van der Waals surface area contributed by atoms with Crippen LogP contribution in [0.3, 0.4) is 0 Å². The minimum Gasteiger partial charge on any atom is -0.294 e. The third-order valence-corrected chi connectivity index (χ3v) is 5.64. The third-order valence-electron chi connectivity index (χ3n) is 3.82. The van der Waals surface area contributed by atoms with Gasteiger partial charge in [-0.05, 0) is 30.5 Å². The molecule has 0 atom stereocenters. The van der Waals surface area contributed by atoms with Crippen LogP contribution in [0.15, 0.2) is 12.1 Å². The van der Waals surface area contributed by atoms with Gasteiger partial charge in [0.25, 0.3) is 0 Å². The van der Waals surface area contributed by atoms with Crippen molar-refractivity contribution in [2.24, 2.45) is 0 Å². The first-order valence-corrected chi connectivity index (χ1v) is 8.97. The summed E-state index contributed by atoms with van der Waals surface area (Å²) < 4.78 is 15.5. The van der Waals surface area contributed by atoms with E-state index in [1.165, 1.54) is 23.5 Å². The predicted molar refractivity (Wildman–Crippen MR) is 97.3 cm³/mol. The summed E-state index contributed by atoms with van der Waals surface area (Å²) >= 11 is 13.3. The summed E-state index contributed by atoms with van der Waals surface area (Å²) in [7, 11) is 0. The van der Waals surface area contributed by atoms with Crippen molar-refractivity contribution in [2.75, 3.05) is 0 Å². The van der Waals surface area contributed by atoms with Crippen LogP contribution in [0.5, 0.6) is 0 Å². The maximum Gasteiger partial charge on any atom is 0.171 e. The highest BCUT2D eigenvalue weighted by Gasteiger charge is 2.24. The number of nitrogens with zero attached hydrogens (tertiary/aromatic N) is 2.